The van der Waals surface area contributed by atoms with Gasteiger partial charge in [-0.3, -0.25) is 4.79 Å². The molecule has 1 heterocycles. The number of hydrogen-bond acceptors (Lipinski definition) is 1. The van der Waals surface area contributed by atoms with Gasteiger partial charge >= 0.3 is 0 Å². The molecule has 3 heteroatoms. The number of rotatable bonds is 4. The summed E-state index contributed by atoms with van der Waals surface area (Å²) >= 11 is 0. The van der Waals surface area contributed by atoms with Gasteiger partial charge < -0.3 is 4.98 Å². The lowest BCUT2D eigenvalue weighted by Crippen LogP contribution is -2.04. The first-order chi connectivity index (χ1) is 10.1. The van der Waals surface area contributed by atoms with E-state index in [2.05, 4.69) is 4.98 Å². The Hall–Kier alpha value is -2.42. The van der Waals surface area contributed by atoms with Crippen LogP contribution in [0.5, 0.6) is 0 Å². The maximum atomic E-state index is 13.2. The van der Waals surface area contributed by atoms with Crippen LogP contribution in [-0.4, -0.2) is 10.8 Å². The van der Waals surface area contributed by atoms with Crippen molar-refractivity contribution in [1.82, 2.24) is 4.98 Å². The number of halogens is 1. The molecular weight excluding hydrogens is 265 g/mol. The molecule has 1 atom stereocenters. The summed E-state index contributed by atoms with van der Waals surface area (Å²) in [5.41, 5.74) is 2.55. The standard InChI is InChI=1S/C18H16FNO/c1-12(9-18(21)13-5-3-2-4-6-13)16-11-20-17-10-14(19)7-8-15(16)17/h2-8,10-12,20H,9H2,1H3/t12-/m1/s1. The van der Waals surface area contributed by atoms with Crippen LogP contribution in [0, 0.1) is 5.82 Å². The van der Waals surface area contributed by atoms with Crippen LogP contribution in [0.15, 0.2) is 54.7 Å². The topological polar surface area (TPSA) is 32.9 Å². The first kappa shape index (κ1) is 13.6. The molecule has 2 nitrogen and oxygen atoms in total. The van der Waals surface area contributed by atoms with Gasteiger partial charge in [0.25, 0.3) is 0 Å². The Morgan fingerprint density at radius 1 is 1.19 bits per heavy atom. The molecule has 3 aromatic rings. The van der Waals surface area contributed by atoms with Gasteiger partial charge in [-0.1, -0.05) is 37.3 Å². The van der Waals surface area contributed by atoms with Crippen molar-refractivity contribution < 1.29 is 9.18 Å². The van der Waals surface area contributed by atoms with E-state index < -0.39 is 0 Å². The van der Waals surface area contributed by atoms with Crippen molar-refractivity contribution in [2.75, 3.05) is 0 Å². The van der Waals surface area contributed by atoms with Crippen LogP contribution in [-0.2, 0) is 0 Å². The summed E-state index contributed by atoms with van der Waals surface area (Å²) in [5.74, 6) is -0.0552. The van der Waals surface area contributed by atoms with E-state index in [1.165, 1.54) is 12.1 Å². The maximum absolute atomic E-state index is 13.2. The van der Waals surface area contributed by atoms with Gasteiger partial charge in [-0.2, -0.15) is 0 Å². The number of fused-ring (bicyclic) bond motifs is 1. The highest BCUT2D eigenvalue weighted by Gasteiger charge is 2.16. The average Bonchev–Trinajstić information content (AvgIpc) is 2.91. The van der Waals surface area contributed by atoms with Crippen LogP contribution in [0.4, 0.5) is 4.39 Å². The molecule has 0 aliphatic heterocycles. The molecule has 0 fully saturated rings. The number of nitrogens with one attached hydrogen (secondary N) is 1. The molecule has 0 radical (unpaired) electrons. The van der Waals surface area contributed by atoms with Gasteiger partial charge in [0.05, 0.1) is 0 Å². The lowest BCUT2D eigenvalue weighted by Gasteiger charge is -2.10. The SMILES string of the molecule is C[C@H](CC(=O)c1ccccc1)c1c[nH]c2cc(F)ccc12. The van der Waals surface area contributed by atoms with Crippen molar-refractivity contribution >= 4 is 16.7 Å². The van der Waals surface area contributed by atoms with E-state index in [0.29, 0.717) is 6.42 Å². The van der Waals surface area contributed by atoms with E-state index in [4.69, 9.17) is 0 Å². The molecule has 1 aromatic heterocycles. The van der Waals surface area contributed by atoms with Gasteiger partial charge in [-0.25, -0.2) is 4.39 Å². The van der Waals surface area contributed by atoms with Crippen LogP contribution in [0.2, 0.25) is 0 Å². The van der Waals surface area contributed by atoms with Gasteiger partial charge in [-0.15, -0.1) is 0 Å². The lowest BCUT2D eigenvalue weighted by atomic mass is 9.93. The quantitative estimate of drug-likeness (QED) is 0.692. The molecule has 2 aromatic carbocycles. The summed E-state index contributed by atoms with van der Waals surface area (Å²) in [4.78, 5) is 15.3. The molecule has 0 spiro atoms. The molecule has 0 saturated carbocycles. The van der Waals surface area contributed by atoms with E-state index in [1.807, 2.05) is 43.5 Å². The number of benzene rings is 2. The third-order valence-electron chi connectivity index (χ3n) is 3.79. The molecule has 0 unspecified atom stereocenters. The molecule has 106 valence electrons. The fraction of sp³-hybridized carbons (Fsp3) is 0.167. The number of carbonyl (C=O) groups excluding carboxylic acids is 1. The smallest absolute Gasteiger partial charge is 0.163 e. The number of hydrogen-bond donors (Lipinski definition) is 1. The Bertz CT molecular complexity index is 776. The van der Waals surface area contributed by atoms with Crippen molar-refractivity contribution in [2.45, 2.75) is 19.3 Å². The van der Waals surface area contributed by atoms with Crippen molar-refractivity contribution in [3.63, 3.8) is 0 Å². The zero-order valence-corrected chi connectivity index (χ0v) is 11.8. The Balaban J connectivity index is 1.84. The first-order valence-corrected chi connectivity index (χ1v) is 7.00. The molecule has 0 bridgehead atoms. The normalized spacial score (nSPS) is 12.5. The number of aromatic amines is 1. The van der Waals surface area contributed by atoms with Crippen molar-refractivity contribution in [3.05, 3.63) is 71.7 Å². The molecule has 0 amide bonds. The van der Waals surface area contributed by atoms with Crippen LogP contribution in [0.1, 0.15) is 35.2 Å². The second-order valence-electron chi connectivity index (χ2n) is 5.33. The highest BCUT2D eigenvalue weighted by atomic mass is 19.1. The summed E-state index contributed by atoms with van der Waals surface area (Å²) in [5, 5.41) is 0.977. The van der Waals surface area contributed by atoms with Crippen molar-refractivity contribution in [3.8, 4) is 0 Å². The Labute approximate surface area is 122 Å². The van der Waals surface area contributed by atoms with Crippen LogP contribution in [0.25, 0.3) is 10.9 Å². The fourth-order valence-electron chi connectivity index (χ4n) is 2.66. The van der Waals surface area contributed by atoms with E-state index >= 15 is 0 Å². The van der Waals surface area contributed by atoms with Crippen LogP contribution >= 0.6 is 0 Å². The summed E-state index contributed by atoms with van der Waals surface area (Å²) in [7, 11) is 0. The highest BCUT2D eigenvalue weighted by Crippen LogP contribution is 2.29. The van der Waals surface area contributed by atoms with E-state index in [-0.39, 0.29) is 17.5 Å². The van der Waals surface area contributed by atoms with Gasteiger partial charge in [0.2, 0.25) is 0 Å². The fourth-order valence-corrected chi connectivity index (χ4v) is 2.66. The van der Waals surface area contributed by atoms with Crippen molar-refractivity contribution in [1.29, 1.82) is 0 Å². The molecule has 1 N–H and O–H groups in total. The predicted molar refractivity (Wildman–Crippen MR) is 82.1 cm³/mol. The summed E-state index contributed by atoms with van der Waals surface area (Å²) in [6, 6.07) is 14.0. The number of H-pyrrole nitrogens is 1. The molecule has 0 saturated heterocycles. The summed E-state index contributed by atoms with van der Waals surface area (Å²) in [6.07, 6.45) is 2.31. The minimum absolute atomic E-state index is 0.0805. The third kappa shape index (κ3) is 2.72. The highest BCUT2D eigenvalue weighted by molar-refractivity contribution is 5.97. The zero-order valence-electron chi connectivity index (χ0n) is 11.8. The van der Waals surface area contributed by atoms with Crippen molar-refractivity contribution in [2.24, 2.45) is 0 Å². The largest absolute Gasteiger partial charge is 0.361 e. The van der Waals surface area contributed by atoms with Gasteiger partial charge in [0.15, 0.2) is 5.78 Å². The predicted octanol–water partition coefficient (Wildman–Crippen LogP) is 4.68. The molecule has 3 rings (SSSR count). The monoisotopic (exact) mass is 281 g/mol. The maximum Gasteiger partial charge on any atom is 0.163 e. The Morgan fingerprint density at radius 2 is 1.95 bits per heavy atom. The second kappa shape index (κ2) is 5.52. The van der Waals surface area contributed by atoms with Gasteiger partial charge in [-0.05, 0) is 29.7 Å². The molecule has 0 aliphatic rings. The Kier molecular flexibility index (Phi) is 3.57. The number of ketones is 1. The Morgan fingerprint density at radius 3 is 2.71 bits per heavy atom. The zero-order chi connectivity index (χ0) is 14.8. The molecule has 21 heavy (non-hydrogen) atoms. The van der Waals surface area contributed by atoms with Crippen LogP contribution in [0.3, 0.4) is 0 Å². The number of aromatic nitrogens is 1. The van der Waals surface area contributed by atoms with Crippen LogP contribution < -0.4 is 0 Å². The summed E-state index contributed by atoms with van der Waals surface area (Å²) < 4.78 is 13.2. The third-order valence-corrected chi connectivity index (χ3v) is 3.79. The molecule has 0 aliphatic carbocycles. The lowest BCUT2D eigenvalue weighted by molar-refractivity contribution is 0.0976. The number of carbonyl (C=O) groups is 1. The van der Waals surface area contributed by atoms with E-state index in [9.17, 15) is 9.18 Å². The first-order valence-electron chi connectivity index (χ1n) is 7.00. The second-order valence-corrected chi connectivity index (χ2v) is 5.33. The average molecular weight is 281 g/mol. The number of Topliss-reactive ketones (excluding diaryl/α,β-unsaturated/α-hetero) is 1. The van der Waals surface area contributed by atoms with E-state index in [1.54, 1.807) is 6.07 Å². The minimum atomic E-state index is -0.260. The minimum Gasteiger partial charge on any atom is -0.361 e. The van der Waals surface area contributed by atoms with Gasteiger partial charge in [0.1, 0.15) is 5.82 Å². The van der Waals surface area contributed by atoms with E-state index in [0.717, 1.165) is 22.0 Å². The van der Waals surface area contributed by atoms with Gasteiger partial charge in [0, 0.05) is 29.1 Å². The summed E-state index contributed by atoms with van der Waals surface area (Å²) in [6.45, 7) is 2.02. The molecular formula is C18H16FNO.